The van der Waals surface area contributed by atoms with Crippen LogP contribution < -0.4 is 5.32 Å². The Balaban J connectivity index is 2.82. The largest absolute Gasteiger partial charge is 0.392 e. The van der Waals surface area contributed by atoms with Gasteiger partial charge in [0.15, 0.2) is 5.72 Å². The second-order valence-electron chi connectivity index (χ2n) is 3.10. The van der Waals surface area contributed by atoms with Crippen LogP contribution in [0.4, 0.5) is 0 Å². The van der Waals surface area contributed by atoms with Crippen LogP contribution in [0, 0.1) is 0 Å². The Morgan fingerprint density at radius 1 is 1.08 bits per heavy atom. The second kappa shape index (κ2) is 3.46. The molecule has 1 saturated heterocycles. The van der Waals surface area contributed by atoms with Gasteiger partial charge in [-0.05, 0) is 0 Å². The summed E-state index contributed by atoms with van der Waals surface area (Å²) in [4.78, 5) is 0. The molecule has 0 amide bonds. The summed E-state index contributed by atoms with van der Waals surface area (Å²) in [7, 11) is 0. The summed E-state index contributed by atoms with van der Waals surface area (Å²) in [5.74, 6) is 0. The Kier molecular flexibility index (Phi) is 2.88. The minimum atomic E-state index is -2.20. The van der Waals surface area contributed by atoms with Crippen LogP contribution in [0.25, 0.3) is 0 Å². The normalized spacial score (nSPS) is 52.2. The molecule has 0 aromatic rings. The molecule has 0 aromatic heterocycles. The van der Waals surface area contributed by atoms with Crippen molar-refractivity contribution in [1.29, 1.82) is 0 Å². The first-order valence-corrected chi connectivity index (χ1v) is 3.75. The van der Waals surface area contributed by atoms with Crippen molar-refractivity contribution in [3.05, 3.63) is 0 Å². The van der Waals surface area contributed by atoms with Gasteiger partial charge in [-0.1, -0.05) is 0 Å². The fraction of sp³-hybridized carbons (Fsp3) is 1.00. The predicted octanol–water partition coefficient (Wildman–Crippen LogP) is -4.33. The molecule has 13 heavy (non-hydrogen) atoms. The molecule has 5 unspecified atom stereocenters. The van der Waals surface area contributed by atoms with Gasteiger partial charge in [-0.25, -0.2) is 0 Å². The smallest absolute Gasteiger partial charge is 0.170 e. The van der Waals surface area contributed by atoms with Gasteiger partial charge >= 0.3 is 0 Å². The Morgan fingerprint density at radius 3 is 2.08 bits per heavy atom. The molecule has 1 aliphatic rings. The third-order valence-electron chi connectivity index (χ3n) is 2.13. The first kappa shape index (κ1) is 10.8. The Hall–Kier alpha value is -0.280. The molecule has 7 heteroatoms. The monoisotopic (exact) mass is 195 g/mol. The van der Waals surface area contributed by atoms with Crippen molar-refractivity contribution in [2.45, 2.75) is 30.3 Å². The number of hydrogen-bond acceptors (Lipinski definition) is 7. The first-order valence-electron chi connectivity index (χ1n) is 3.75. The maximum atomic E-state index is 9.36. The van der Waals surface area contributed by atoms with E-state index in [1.807, 2.05) is 5.32 Å². The van der Waals surface area contributed by atoms with Crippen LogP contribution >= 0.6 is 0 Å². The number of piperidine rings is 1. The molecule has 1 heterocycles. The van der Waals surface area contributed by atoms with Gasteiger partial charge in [0.05, 0.1) is 6.61 Å². The second-order valence-corrected chi connectivity index (χ2v) is 3.10. The molecular weight excluding hydrogens is 182 g/mol. The zero-order valence-electron chi connectivity index (χ0n) is 6.70. The molecule has 0 aliphatic carbocycles. The number of hydrogen-bond donors (Lipinski definition) is 7. The van der Waals surface area contributed by atoms with Crippen molar-refractivity contribution in [1.82, 2.24) is 5.32 Å². The van der Waals surface area contributed by atoms with E-state index in [2.05, 4.69) is 0 Å². The summed E-state index contributed by atoms with van der Waals surface area (Å²) in [5, 5.41) is 56.4. The number of aliphatic hydroxyl groups is 6. The third-order valence-corrected chi connectivity index (χ3v) is 2.13. The SMILES string of the molecule is OCC1(O)NC(O)C(O)C(O)C1O. The van der Waals surface area contributed by atoms with Gasteiger partial charge in [0.1, 0.15) is 24.5 Å². The molecule has 78 valence electrons. The third kappa shape index (κ3) is 1.67. The maximum Gasteiger partial charge on any atom is 0.170 e. The molecule has 5 atom stereocenters. The number of nitrogens with one attached hydrogen (secondary N) is 1. The zero-order valence-corrected chi connectivity index (χ0v) is 6.70. The summed E-state index contributed by atoms with van der Waals surface area (Å²) < 4.78 is 0. The average Bonchev–Trinajstić information content (AvgIpc) is 2.12. The van der Waals surface area contributed by atoms with E-state index in [9.17, 15) is 10.2 Å². The average molecular weight is 195 g/mol. The van der Waals surface area contributed by atoms with Gasteiger partial charge in [0, 0.05) is 0 Å². The Bertz CT molecular complexity index is 190. The lowest BCUT2D eigenvalue weighted by Crippen LogP contribution is -2.73. The standard InChI is InChI=1S/C6H13NO6/c8-1-6(13)4(11)2(9)3(10)5(12)7-6/h2-5,7-13H,1H2. The number of aliphatic hydroxyl groups excluding tert-OH is 5. The zero-order chi connectivity index (χ0) is 10.2. The van der Waals surface area contributed by atoms with E-state index in [-0.39, 0.29) is 0 Å². The highest BCUT2D eigenvalue weighted by Gasteiger charge is 2.50. The Morgan fingerprint density at radius 2 is 1.62 bits per heavy atom. The van der Waals surface area contributed by atoms with Crippen molar-refractivity contribution in [3.63, 3.8) is 0 Å². The van der Waals surface area contributed by atoms with Crippen LogP contribution in [0.1, 0.15) is 0 Å². The fourth-order valence-corrected chi connectivity index (χ4v) is 1.22. The molecule has 1 rings (SSSR count). The topological polar surface area (TPSA) is 133 Å². The van der Waals surface area contributed by atoms with E-state index in [1.165, 1.54) is 0 Å². The lowest BCUT2D eigenvalue weighted by Gasteiger charge is -2.44. The molecular formula is C6H13NO6. The van der Waals surface area contributed by atoms with Gasteiger partial charge in [0.2, 0.25) is 0 Å². The molecule has 1 aliphatic heterocycles. The molecule has 7 nitrogen and oxygen atoms in total. The minimum absolute atomic E-state index is 0.894. The fourth-order valence-electron chi connectivity index (χ4n) is 1.22. The van der Waals surface area contributed by atoms with Crippen molar-refractivity contribution >= 4 is 0 Å². The van der Waals surface area contributed by atoms with Crippen LogP contribution in [0.3, 0.4) is 0 Å². The molecule has 0 aromatic carbocycles. The summed E-state index contributed by atoms with van der Waals surface area (Å²) in [6.07, 6.45) is -6.69. The van der Waals surface area contributed by atoms with E-state index in [0.717, 1.165) is 0 Å². The quantitative estimate of drug-likeness (QED) is 0.225. The van der Waals surface area contributed by atoms with Crippen LogP contribution in [0.15, 0.2) is 0 Å². The van der Waals surface area contributed by atoms with Crippen molar-refractivity contribution in [3.8, 4) is 0 Å². The van der Waals surface area contributed by atoms with Crippen molar-refractivity contribution in [2.75, 3.05) is 6.61 Å². The molecule has 0 saturated carbocycles. The van der Waals surface area contributed by atoms with Crippen LogP contribution in [-0.4, -0.2) is 67.5 Å². The molecule has 0 spiro atoms. The van der Waals surface area contributed by atoms with E-state index in [1.54, 1.807) is 0 Å². The van der Waals surface area contributed by atoms with Crippen LogP contribution in [0.2, 0.25) is 0 Å². The summed E-state index contributed by atoms with van der Waals surface area (Å²) in [6, 6.07) is 0. The molecule has 7 N–H and O–H groups in total. The van der Waals surface area contributed by atoms with E-state index >= 15 is 0 Å². The summed E-state index contributed by atoms with van der Waals surface area (Å²) >= 11 is 0. The van der Waals surface area contributed by atoms with Crippen LogP contribution in [0.5, 0.6) is 0 Å². The highest BCUT2D eigenvalue weighted by molar-refractivity contribution is 4.98. The van der Waals surface area contributed by atoms with Crippen LogP contribution in [-0.2, 0) is 0 Å². The van der Waals surface area contributed by atoms with Gasteiger partial charge in [-0.2, -0.15) is 0 Å². The lowest BCUT2D eigenvalue weighted by atomic mass is 9.92. The lowest BCUT2D eigenvalue weighted by molar-refractivity contribution is -0.247. The van der Waals surface area contributed by atoms with Crippen molar-refractivity contribution in [2.24, 2.45) is 0 Å². The van der Waals surface area contributed by atoms with Gasteiger partial charge in [0.25, 0.3) is 0 Å². The van der Waals surface area contributed by atoms with Crippen molar-refractivity contribution < 1.29 is 30.6 Å². The Labute approximate surface area is 73.9 Å². The van der Waals surface area contributed by atoms with Gasteiger partial charge < -0.3 is 30.6 Å². The van der Waals surface area contributed by atoms with Gasteiger partial charge in [-0.15, -0.1) is 0 Å². The van der Waals surface area contributed by atoms with E-state index < -0.39 is 36.9 Å². The highest BCUT2D eigenvalue weighted by atomic mass is 16.4. The molecule has 0 radical (unpaired) electrons. The molecule has 0 bridgehead atoms. The first-order chi connectivity index (χ1) is 5.92. The van der Waals surface area contributed by atoms with E-state index in [4.69, 9.17) is 20.4 Å². The predicted molar refractivity (Wildman–Crippen MR) is 39.2 cm³/mol. The maximum absolute atomic E-state index is 9.36. The summed E-state index contributed by atoms with van der Waals surface area (Å²) in [6.45, 7) is -0.894. The molecule has 1 fully saturated rings. The van der Waals surface area contributed by atoms with E-state index in [0.29, 0.717) is 0 Å². The minimum Gasteiger partial charge on any atom is -0.392 e. The van der Waals surface area contributed by atoms with Gasteiger partial charge in [-0.3, -0.25) is 5.32 Å². The number of rotatable bonds is 1. The summed E-state index contributed by atoms with van der Waals surface area (Å²) in [5.41, 5.74) is -2.20. The highest BCUT2D eigenvalue weighted by Crippen LogP contribution is 2.20.